The fraction of sp³-hybridized carbons (Fsp3) is 0.500. The Morgan fingerprint density at radius 3 is 2.56 bits per heavy atom. The van der Waals surface area contributed by atoms with Crippen molar-refractivity contribution < 1.29 is 19.2 Å². The van der Waals surface area contributed by atoms with Crippen LogP contribution < -0.4 is 10.2 Å². The number of rotatable bonds is 4. The Hall–Kier alpha value is -2.70. The van der Waals surface area contributed by atoms with Crippen LogP contribution in [0.5, 0.6) is 0 Å². The summed E-state index contributed by atoms with van der Waals surface area (Å²) in [5.74, 6) is -0.935. The molecule has 27 heavy (non-hydrogen) atoms. The Bertz CT molecular complexity index is 800. The standard InChI is InChI=1S/C20H23N3O4/c24-12-23(13-5-2-1-3-6-13)16-8-4-7-14-15(16)11-22(20(14)27)17-9-10-18(25)21-19(17)26/h4,7-8,12-13,17H,1-3,5-6,9-11H2,(H,21,25,26). The van der Waals surface area contributed by atoms with Gasteiger partial charge in [0, 0.05) is 35.8 Å². The largest absolute Gasteiger partial charge is 0.322 e. The highest BCUT2D eigenvalue weighted by molar-refractivity contribution is 6.06. The van der Waals surface area contributed by atoms with Crippen LogP contribution in [0.4, 0.5) is 5.69 Å². The number of benzene rings is 1. The fourth-order valence-corrected chi connectivity index (χ4v) is 4.51. The van der Waals surface area contributed by atoms with Gasteiger partial charge in [0.2, 0.25) is 18.2 Å². The lowest BCUT2D eigenvalue weighted by Crippen LogP contribution is -2.52. The molecule has 2 heterocycles. The monoisotopic (exact) mass is 369 g/mol. The minimum absolute atomic E-state index is 0.155. The van der Waals surface area contributed by atoms with Crippen molar-refractivity contribution in [2.45, 2.75) is 63.6 Å². The number of fused-ring (bicyclic) bond motifs is 1. The van der Waals surface area contributed by atoms with Crippen LogP contribution in [0.15, 0.2) is 18.2 Å². The first-order valence-corrected chi connectivity index (χ1v) is 9.60. The van der Waals surface area contributed by atoms with Crippen molar-refractivity contribution in [2.75, 3.05) is 4.90 Å². The minimum Gasteiger partial charge on any atom is -0.322 e. The van der Waals surface area contributed by atoms with E-state index in [1.807, 2.05) is 6.07 Å². The molecule has 2 fully saturated rings. The van der Waals surface area contributed by atoms with E-state index < -0.39 is 11.9 Å². The van der Waals surface area contributed by atoms with E-state index in [2.05, 4.69) is 5.32 Å². The average Bonchev–Trinajstić information content (AvgIpc) is 3.01. The van der Waals surface area contributed by atoms with Crippen LogP contribution in [0.3, 0.4) is 0 Å². The smallest absolute Gasteiger partial charge is 0.255 e. The van der Waals surface area contributed by atoms with Gasteiger partial charge in [0.15, 0.2) is 0 Å². The number of piperidine rings is 1. The maximum atomic E-state index is 12.9. The van der Waals surface area contributed by atoms with Gasteiger partial charge in [-0.05, 0) is 31.4 Å². The van der Waals surface area contributed by atoms with Crippen molar-refractivity contribution in [1.29, 1.82) is 0 Å². The molecule has 0 bridgehead atoms. The Kier molecular flexibility index (Phi) is 4.68. The number of anilines is 1. The van der Waals surface area contributed by atoms with Crippen LogP contribution in [0.25, 0.3) is 0 Å². The van der Waals surface area contributed by atoms with E-state index in [0.717, 1.165) is 43.3 Å². The summed E-state index contributed by atoms with van der Waals surface area (Å²) in [5, 5.41) is 2.32. The summed E-state index contributed by atoms with van der Waals surface area (Å²) in [4.78, 5) is 51.7. The highest BCUT2D eigenvalue weighted by Gasteiger charge is 2.40. The van der Waals surface area contributed by atoms with E-state index in [1.165, 1.54) is 11.3 Å². The second-order valence-electron chi connectivity index (χ2n) is 7.51. The predicted octanol–water partition coefficient (Wildman–Crippen LogP) is 1.74. The van der Waals surface area contributed by atoms with Crippen molar-refractivity contribution in [1.82, 2.24) is 10.2 Å². The predicted molar refractivity (Wildman–Crippen MR) is 97.9 cm³/mol. The van der Waals surface area contributed by atoms with Gasteiger partial charge in [-0.2, -0.15) is 0 Å². The topological polar surface area (TPSA) is 86.8 Å². The molecular weight excluding hydrogens is 346 g/mol. The molecule has 2 aliphatic heterocycles. The van der Waals surface area contributed by atoms with E-state index in [9.17, 15) is 19.2 Å². The van der Waals surface area contributed by atoms with Crippen molar-refractivity contribution in [3.8, 4) is 0 Å². The summed E-state index contributed by atoms with van der Waals surface area (Å²) >= 11 is 0. The second-order valence-corrected chi connectivity index (χ2v) is 7.51. The number of amides is 4. The first kappa shape index (κ1) is 17.7. The molecule has 7 heteroatoms. The lowest BCUT2D eigenvalue weighted by molar-refractivity contribution is -0.136. The molecule has 3 aliphatic rings. The van der Waals surface area contributed by atoms with Crippen LogP contribution in [-0.2, 0) is 20.9 Å². The summed E-state index contributed by atoms with van der Waals surface area (Å²) in [5.41, 5.74) is 2.10. The summed E-state index contributed by atoms with van der Waals surface area (Å²) in [6.45, 7) is 0.285. The molecule has 4 rings (SSSR count). The van der Waals surface area contributed by atoms with Gasteiger partial charge in [-0.25, -0.2) is 0 Å². The number of carbonyl (C=O) groups excluding carboxylic acids is 4. The summed E-state index contributed by atoms with van der Waals surface area (Å²) in [7, 11) is 0. The van der Waals surface area contributed by atoms with Crippen LogP contribution >= 0.6 is 0 Å². The third kappa shape index (κ3) is 3.11. The molecule has 1 N–H and O–H groups in total. The molecule has 1 atom stereocenters. The zero-order valence-corrected chi connectivity index (χ0v) is 15.1. The zero-order chi connectivity index (χ0) is 19.0. The van der Waals surface area contributed by atoms with E-state index in [4.69, 9.17) is 0 Å². The number of carbonyl (C=O) groups is 4. The van der Waals surface area contributed by atoms with Gasteiger partial charge >= 0.3 is 0 Å². The van der Waals surface area contributed by atoms with Crippen molar-refractivity contribution in [3.63, 3.8) is 0 Å². The molecule has 1 aromatic carbocycles. The highest BCUT2D eigenvalue weighted by atomic mass is 16.2. The molecule has 0 aromatic heterocycles. The van der Waals surface area contributed by atoms with Crippen molar-refractivity contribution in [2.24, 2.45) is 0 Å². The minimum atomic E-state index is -0.644. The average molecular weight is 369 g/mol. The van der Waals surface area contributed by atoms with Crippen molar-refractivity contribution in [3.05, 3.63) is 29.3 Å². The van der Waals surface area contributed by atoms with Crippen LogP contribution in [0, 0.1) is 0 Å². The van der Waals surface area contributed by atoms with Crippen LogP contribution in [0.2, 0.25) is 0 Å². The molecule has 1 aromatic rings. The fourth-order valence-electron chi connectivity index (χ4n) is 4.51. The van der Waals surface area contributed by atoms with Crippen molar-refractivity contribution >= 4 is 29.8 Å². The lowest BCUT2D eigenvalue weighted by atomic mass is 9.93. The van der Waals surface area contributed by atoms with Gasteiger partial charge in [0.05, 0.1) is 0 Å². The summed E-state index contributed by atoms with van der Waals surface area (Å²) in [6, 6.07) is 4.93. The molecule has 142 valence electrons. The summed E-state index contributed by atoms with van der Waals surface area (Å²) in [6.07, 6.45) is 6.76. The first-order chi connectivity index (χ1) is 13.1. The van der Waals surface area contributed by atoms with Gasteiger partial charge in [-0.15, -0.1) is 0 Å². The number of nitrogens with one attached hydrogen (secondary N) is 1. The Morgan fingerprint density at radius 2 is 1.85 bits per heavy atom. The van der Waals surface area contributed by atoms with Gasteiger partial charge in [-0.3, -0.25) is 24.5 Å². The van der Waals surface area contributed by atoms with E-state index in [1.54, 1.807) is 17.0 Å². The molecule has 0 spiro atoms. The molecule has 1 aliphatic carbocycles. The number of hydrogen-bond acceptors (Lipinski definition) is 4. The highest BCUT2D eigenvalue weighted by Crippen LogP contribution is 2.36. The maximum absolute atomic E-state index is 12.9. The number of nitrogens with zero attached hydrogens (tertiary/aromatic N) is 2. The molecule has 1 unspecified atom stereocenters. The Morgan fingerprint density at radius 1 is 1.07 bits per heavy atom. The zero-order valence-electron chi connectivity index (χ0n) is 15.1. The molecule has 1 saturated heterocycles. The van der Waals surface area contributed by atoms with E-state index in [0.29, 0.717) is 12.0 Å². The normalized spacial score (nSPS) is 23.2. The SMILES string of the molecule is O=CN(c1cccc2c1CN(C1CCC(=O)NC1=O)C2=O)C1CCCCC1. The third-order valence-electron chi connectivity index (χ3n) is 5.92. The quantitative estimate of drug-likeness (QED) is 0.647. The number of imide groups is 1. The van der Waals surface area contributed by atoms with Gasteiger partial charge in [0.25, 0.3) is 5.91 Å². The Labute approximate surface area is 157 Å². The molecule has 1 saturated carbocycles. The van der Waals surface area contributed by atoms with E-state index >= 15 is 0 Å². The van der Waals surface area contributed by atoms with Gasteiger partial charge in [0.1, 0.15) is 6.04 Å². The molecular formula is C20H23N3O4. The van der Waals surface area contributed by atoms with Gasteiger partial charge in [-0.1, -0.05) is 25.3 Å². The first-order valence-electron chi connectivity index (χ1n) is 9.60. The third-order valence-corrected chi connectivity index (χ3v) is 5.92. The Balaban J connectivity index is 1.63. The molecule has 4 amide bonds. The van der Waals surface area contributed by atoms with Gasteiger partial charge < -0.3 is 9.80 Å². The maximum Gasteiger partial charge on any atom is 0.255 e. The van der Waals surface area contributed by atoms with E-state index in [-0.39, 0.29) is 30.8 Å². The number of hydrogen-bond donors (Lipinski definition) is 1. The molecule has 0 radical (unpaired) electrons. The summed E-state index contributed by atoms with van der Waals surface area (Å²) < 4.78 is 0. The second kappa shape index (κ2) is 7.13. The van der Waals surface area contributed by atoms with Crippen LogP contribution in [0.1, 0.15) is 60.9 Å². The molecule has 7 nitrogen and oxygen atoms in total. The van der Waals surface area contributed by atoms with Crippen LogP contribution in [-0.4, -0.2) is 41.1 Å². The lowest BCUT2D eigenvalue weighted by Gasteiger charge is -2.33.